The van der Waals surface area contributed by atoms with E-state index in [0.717, 1.165) is 10.5 Å². The van der Waals surface area contributed by atoms with E-state index in [9.17, 15) is 19.1 Å². The topological polar surface area (TPSA) is 83.4 Å². The van der Waals surface area contributed by atoms with Crippen LogP contribution in [0.15, 0.2) is 72.6 Å². The molecule has 1 aliphatic heterocycles. The molecule has 4 rings (SSSR count). The Balaban J connectivity index is 1.97. The van der Waals surface area contributed by atoms with Crippen molar-refractivity contribution in [3.05, 3.63) is 95.1 Å². The van der Waals surface area contributed by atoms with E-state index in [0.29, 0.717) is 5.56 Å². The number of aliphatic hydroxyl groups is 1. The van der Waals surface area contributed by atoms with Gasteiger partial charge in [0.2, 0.25) is 5.95 Å². The van der Waals surface area contributed by atoms with E-state index in [4.69, 9.17) is 0 Å². The number of ketones is 1. The third kappa shape index (κ3) is 3.16. The molecule has 0 spiro atoms. The molecule has 0 bridgehead atoms. The highest BCUT2D eigenvalue weighted by Crippen LogP contribution is 2.41. The average Bonchev–Trinajstić information content (AvgIpc) is 3.00. The van der Waals surface area contributed by atoms with Crippen molar-refractivity contribution in [1.82, 2.24) is 9.97 Å². The van der Waals surface area contributed by atoms with Gasteiger partial charge in [-0.25, -0.2) is 14.4 Å². The SMILES string of the molecule is Cc1ccc(/C(O)=C2\C(=O)C(=O)N(c3ncccn3)C2c2ccccc2F)cc1. The van der Waals surface area contributed by atoms with Gasteiger partial charge in [0.1, 0.15) is 17.6 Å². The lowest BCUT2D eigenvalue weighted by Gasteiger charge is -2.23. The maximum atomic E-state index is 14.7. The van der Waals surface area contributed by atoms with E-state index < -0.39 is 23.5 Å². The molecule has 1 aromatic heterocycles. The lowest BCUT2D eigenvalue weighted by molar-refractivity contribution is -0.132. The fourth-order valence-corrected chi connectivity index (χ4v) is 3.31. The van der Waals surface area contributed by atoms with E-state index >= 15 is 0 Å². The first-order valence-corrected chi connectivity index (χ1v) is 8.88. The standard InChI is InChI=1S/C22H16FN3O3/c1-13-7-9-14(10-8-13)19(27)17-18(15-5-2-3-6-16(15)23)26(21(29)20(17)28)22-24-11-4-12-25-22/h2-12,18,27H,1H3/b19-17+. The van der Waals surface area contributed by atoms with Crippen molar-refractivity contribution in [3.63, 3.8) is 0 Å². The van der Waals surface area contributed by atoms with Crippen LogP contribution in [0, 0.1) is 12.7 Å². The van der Waals surface area contributed by atoms with Gasteiger partial charge in [0, 0.05) is 23.5 Å². The van der Waals surface area contributed by atoms with E-state index in [2.05, 4.69) is 9.97 Å². The third-order valence-corrected chi connectivity index (χ3v) is 4.74. The van der Waals surface area contributed by atoms with Crippen molar-refractivity contribution in [1.29, 1.82) is 0 Å². The van der Waals surface area contributed by atoms with Gasteiger partial charge in [-0.05, 0) is 19.1 Å². The number of nitrogens with zero attached hydrogens (tertiary/aromatic N) is 3. The number of rotatable bonds is 3. The quantitative estimate of drug-likeness (QED) is 0.421. The second-order valence-corrected chi connectivity index (χ2v) is 6.61. The molecule has 1 N–H and O–H groups in total. The number of hydrogen-bond donors (Lipinski definition) is 1. The van der Waals surface area contributed by atoms with Crippen LogP contribution in [-0.2, 0) is 9.59 Å². The maximum absolute atomic E-state index is 14.7. The Kier molecular flexibility index (Phi) is 4.64. The van der Waals surface area contributed by atoms with Gasteiger partial charge in [-0.3, -0.25) is 14.5 Å². The van der Waals surface area contributed by atoms with Crippen LogP contribution in [0.4, 0.5) is 10.3 Å². The zero-order chi connectivity index (χ0) is 20.5. The number of amides is 1. The Bertz CT molecular complexity index is 1130. The monoisotopic (exact) mass is 389 g/mol. The fourth-order valence-electron chi connectivity index (χ4n) is 3.31. The molecule has 1 aliphatic rings. The molecule has 2 heterocycles. The smallest absolute Gasteiger partial charge is 0.302 e. The molecule has 2 aromatic carbocycles. The molecule has 29 heavy (non-hydrogen) atoms. The zero-order valence-electron chi connectivity index (χ0n) is 15.4. The van der Waals surface area contributed by atoms with Crippen molar-refractivity contribution in [3.8, 4) is 0 Å². The summed E-state index contributed by atoms with van der Waals surface area (Å²) in [5.74, 6) is -2.90. The van der Waals surface area contributed by atoms with Gasteiger partial charge in [0.15, 0.2) is 0 Å². The molecule has 1 fully saturated rings. The van der Waals surface area contributed by atoms with Crippen LogP contribution in [0.5, 0.6) is 0 Å². The summed E-state index contributed by atoms with van der Waals surface area (Å²) in [5.41, 5.74) is 1.17. The highest BCUT2D eigenvalue weighted by atomic mass is 19.1. The van der Waals surface area contributed by atoms with Gasteiger partial charge in [0.05, 0.1) is 5.57 Å². The van der Waals surface area contributed by atoms with Crippen molar-refractivity contribution < 1.29 is 19.1 Å². The van der Waals surface area contributed by atoms with Gasteiger partial charge in [-0.15, -0.1) is 0 Å². The molecule has 7 heteroatoms. The van der Waals surface area contributed by atoms with Crippen molar-refractivity contribution in [2.24, 2.45) is 0 Å². The number of aryl methyl sites for hydroxylation is 1. The van der Waals surface area contributed by atoms with Crippen LogP contribution >= 0.6 is 0 Å². The summed E-state index contributed by atoms with van der Waals surface area (Å²) in [6.45, 7) is 1.88. The summed E-state index contributed by atoms with van der Waals surface area (Å²) in [6.07, 6.45) is 2.83. The summed E-state index contributed by atoms with van der Waals surface area (Å²) < 4.78 is 14.7. The Morgan fingerprint density at radius 1 is 1.00 bits per heavy atom. The number of benzene rings is 2. The van der Waals surface area contributed by atoms with Crippen LogP contribution in [0.25, 0.3) is 5.76 Å². The number of Topliss-reactive ketones (excluding diaryl/α,β-unsaturated/α-hetero) is 1. The largest absolute Gasteiger partial charge is 0.507 e. The number of halogens is 1. The first-order valence-electron chi connectivity index (χ1n) is 8.88. The number of aromatic nitrogens is 2. The minimum absolute atomic E-state index is 0.0502. The molecule has 0 aliphatic carbocycles. The Labute approximate surface area is 166 Å². The van der Waals surface area contributed by atoms with Gasteiger partial charge in [-0.1, -0.05) is 48.0 Å². The van der Waals surface area contributed by atoms with Crippen LogP contribution in [0.2, 0.25) is 0 Å². The molecule has 144 valence electrons. The zero-order valence-corrected chi connectivity index (χ0v) is 15.4. The Morgan fingerprint density at radius 2 is 1.66 bits per heavy atom. The fraction of sp³-hybridized carbons (Fsp3) is 0.0909. The molecule has 3 aromatic rings. The van der Waals surface area contributed by atoms with Gasteiger partial charge in [0.25, 0.3) is 5.78 Å². The van der Waals surface area contributed by atoms with E-state index in [1.54, 1.807) is 36.4 Å². The predicted molar refractivity (Wildman–Crippen MR) is 104 cm³/mol. The predicted octanol–water partition coefficient (Wildman–Crippen LogP) is 3.55. The normalized spacial score (nSPS) is 18.3. The number of aliphatic hydroxyl groups excluding tert-OH is 1. The van der Waals surface area contributed by atoms with Crippen molar-refractivity contribution in [2.45, 2.75) is 13.0 Å². The Hall–Kier alpha value is -3.87. The maximum Gasteiger partial charge on any atom is 0.302 e. The van der Waals surface area contributed by atoms with E-state index in [1.165, 1.54) is 30.6 Å². The van der Waals surface area contributed by atoms with E-state index in [-0.39, 0.29) is 22.8 Å². The summed E-state index contributed by atoms with van der Waals surface area (Å²) in [7, 11) is 0. The number of anilines is 1. The number of carbonyl (C=O) groups is 2. The molecule has 0 radical (unpaired) electrons. The molecule has 1 atom stereocenters. The second kappa shape index (κ2) is 7.27. The Morgan fingerprint density at radius 3 is 2.31 bits per heavy atom. The average molecular weight is 389 g/mol. The first-order chi connectivity index (χ1) is 14.0. The van der Waals surface area contributed by atoms with Crippen LogP contribution < -0.4 is 4.90 Å². The summed E-state index contributed by atoms with van der Waals surface area (Å²) in [5, 5.41) is 10.9. The summed E-state index contributed by atoms with van der Waals surface area (Å²) in [4.78, 5) is 34.8. The lowest BCUT2D eigenvalue weighted by atomic mass is 9.95. The van der Waals surface area contributed by atoms with Crippen LogP contribution in [0.3, 0.4) is 0 Å². The minimum atomic E-state index is -1.19. The number of carbonyl (C=O) groups excluding carboxylic acids is 2. The minimum Gasteiger partial charge on any atom is -0.507 e. The van der Waals surface area contributed by atoms with Crippen molar-refractivity contribution in [2.75, 3.05) is 4.90 Å². The molecular formula is C22H16FN3O3. The van der Waals surface area contributed by atoms with Crippen LogP contribution in [0.1, 0.15) is 22.7 Å². The van der Waals surface area contributed by atoms with Gasteiger partial charge >= 0.3 is 5.91 Å². The van der Waals surface area contributed by atoms with Crippen molar-refractivity contribution >= 4 is 23.4 Å². The second-order valence-electron chi connectivity index (χ2n) is 6.61. The molecule has 0 saturated carbocycles. The highest BCUT2D eigenvalue weighted by Gasteiger charge is 2.48. The first kappa shape index (κ1) is 18.5. The van der Waals surface area contributed by atoms with Gasteiger partial charge < -0.3 is 5.11 Å². The molecule has 6 nitrogen and oxygen atoms in total. The lowest BCUT2D eigenvalue weighted by Crippen LogP contribution is -2.31. The molecule has 1 saturated heterocycles. The molecule has 1 amide bonds. The highest BCUT2D eigenvalue weighted by molar-refractivity contribution is 6.51. The number of hydrogen-bond acceptors (Lipinski definition) is 5. The molecular weight excluding hydrogens is 373 g/mol. The van der Waals surface area contributed by atoms with Gasteiger partial charge in [-0.2, -0.15) is 0 Å². The summed E-state index contributed by atoms with van der Waals surface area (Å²) >= 11 is 0. The third-order valence-electron chi connectivity index (χ3n) is 4.74. The summed E-state index contributed by atoms with van der Waals surface area (Å²) in [6, 6.07) is 13.0. The van der Waals surface area contributed by atoms with E-state index in [1.807, 2.05) is 6.92 Å². The molecule has 1 unspecified atom stereocenters. The van der Waals surface area contributed by atoms with Crippen LogP contribution in [-0.4, -0.2) is 26.8 Å².